The number of nitrogens with one attached hydrogen (secondary N) is 1. The van der Waals surface area contributed by atoms with Crippen molar-refractivity contribution < 1.29 is 32.2 Å². The molecule has 1 aromatic rings. The topological polar surface area (TPSA) is 64.6 Å². The third kappa shape index (κ3) is 4.36. The lowest BCUT2D eigenvalue weighted by Crippen LogP contribution is -2.24. The van der Waals surface area contributed by atoms with Gasteiger partial charge in [-0.15, -0.1) is 11.8 Å². The van der Waals surface area contributed by atoms with Crippen molar-refractivity contribution in [2.75, 3.05) is 19.9 Å². The molecule has 0 unspecified atom stereocenters. The number of thioether (sulfide) groups is 1. The smallest absolute Gasteiger partial charge is 0.416 e. The average molecular weight is 373 g/mol. The molecule has 5 nitrogen and oxygen atoms in total. The fourth-order valence-electron chi connectivity index (χ4n) is 2.08. The highest BCUT2D eigenvalue weighted by molar-refractivity contribution is 8.01. The maximum absolute atomic E-state index is 12.9. The van der Waals surface area contributed by atoms with Crippen LogP contribution in [0.2, 0.25) is 0 Å². The van der Waals surface area contributed by atoms with Crippen molar-refractivity contribution in [2.45, 2.75) is 6.18 Å². The van der Waals surface area contributed by atoms with Gasteiger partial charge in [-0.2, -0.15) is 13.2 Å². The van der Waals surface area contributed by atoms with Gasteiger partial charge in [0.1, 0.15) is 6.54 Å². The normalized spacial score (nSPS) is 16.2. The first-order valence-corrected chi connectivity index (χ1v) is 8.24. The summed E-state index contributed by atoms with van der Waals surface area (Å²) in [6, 6.07) is 4.34. The third-order valence-corrected chi connectivity index (χ3v) is 3.66. The summed E-state index contributed by atoms with van der Waals surface area (Å²) < 4.78 is 48.6. The van der Waals surface area contributed by atoms with Crippen LogP contribution >= 0.6 is 11.8 Å². The number of halogens is 3. The summed E-state index contributed by atoms with van der Waals surface area (Å²) in [5, 5.41) is 4.02. The molecule has 0 amide bonds. The minimum Gasteiger partial charge on any atom is -0.468 e. The fraction of sp³-hybridized carbons (Fsp3) is 0.250. The van der Waals surface area contributed by atoms with Crippen LogP contribution in [0.25, 0.3) is 5.57 Å². The predicted octanol–water partition coefficient (Wildman–Crippen LogP) is 2.94. The van der Waals surface area contributed by atoms with Crippen LogP contribution in [0.5, 0.6) is 0 Å². The van der Waals surface area contributed by atoms with Gasteiger partial charge >= 0.3 is 12.1 Å². The molecule has 1 aliphatic heterocycles. The van der Waals surface area contributed by atoms with E-state index in [0.717, 1.165) is 12.1 Å². The highest BCUT2D eigenvalue weighted by Gasteiger charge is 2.35. The number of alkyl halides is 3. The Labute approximate surface area is 145 Å². The van der Waals surface area contributed by atoms with Crippen molar-refractivity contribution in [3.63, 3.8) is 0 Å². The van der Waals surface area contributed by atoms with E-state index in [2.05, 4.69) is 10.1 Å². The molecule has 1 aliphatic rings. The second-order valence-corrected chi connectivity index (χ2v) is 5.57. The van der Waals surface area contributed by atoms with Crippen LogP contribution in [0.3, 0.4) is 0 Å². The zero-order valence-electron chi connectivity index (χ0n) is 13.3. The summed E-state index contributed by atoms with van der Waals surface area (Å²) in [7, 11) is 1.19. The number of hydrogen-bond acceptors (Lipinski definition) is 6. The fourth-order valence-corrected chi connectivity index (χ4v) is 2.45. The summed E-state index contributed by atoms with van der Waals surface area (Å²) in [5.41, 5.74) is -0.924. The van der Waals surface area contributed by atoms with Gasteiger partial charge < -0.3 is 14.8 Å². The molecule has 1 heterocycles. The quantitative estimate of drug-likeness (QED) is 0.633. The number of rotatable bonds is 5. The molecule has 0 radical (unpaired) electrons. The van der Waals surface area contributed by atoms with Crippen LogP contribution in [-0.2, 0) is 25.2 Å². The molecular formula is C16H14F3NO4S. The van der Waals surface area contributed by atoms with Crippen LogP contribution in [0.1, 0.15) is 11.1 Å². The number of ketones is 1. The zero-order valence-corrected chi connectivity index (χ0v) is 14.1. The number of carbonyl (C=O) groups excluding carboxylic acids is 2. The number of esters is 1. The number of carbonyl (C=O) groups is 2. The van der Waals surface area contributed by atoms with Crippen LogP contribution in [-0.4, -0.2) is 31.7 Å². The highest BCUT2D eigenvalue weighted by atomic mass is 32.2. The van der Waals surface area contributed by atoms with E-state index < -0.39 is 23.5 Å². The maximum Gasteiger partial charge on any atom is 0.416 e. The second-order valence-electron chi connectivity index (χ2n) is 4.86. The molecule has 0 aromatic heterocycles. The number of ether oxygens (including phenoxy) is 2. The Morgan fingerprint density at radius 3 is 2.72 bits per heavy atom. The first-order valence-electron chi connectivity index (χ1n) is 6.96. The van der Waals surface area contributed by atoms with Crippen LogP contribution in [0, 0.1) is 0 Å². The number of benzene rings is 1. The number of allylic oxidation sites excluding steroid dienone is 1. The van der Waals surface area contributed by atoms with Crippen molar-refractivity contribution in [3.05, 3.63) is 52.4 Å². The van der Waals surface area contributed by atoms with Gasteiger partial charge in [-0.05, 0) is 24.0 Å². The summed E-state index contributed by atoms with van der Waals surface area (Å²) in [6.45, 7) is -0.297. The monoisotopic (exact) mass is 373 g/mol. The average Bonchev–Trinajstić information content (AvgIpc) is 2.88. The van der Waals surface area contributed by atoms with Crippen molar-refractivity contribution in [1.82, 2.24) is 5.32 Å². The molecule has 0 bridgehead atoms. The van der Waals surface area contributed by atoms with Gasteiger partial charge in [-0.25, -0.2) is 0 Å². The van der Waals surface area contributed by atoms with Gasteiger partial charge in [-0.1, -0.05) is 12.1 Å². The Bertz CT molecular complexity index is 756. The van der Waals surface area contributed by atoms with E-state index >= 15 is 0 Å². The van der Waals surface area contributed by atoms with E-state index in [1.54, 1.807) is 6.26 Å². The molecule has 0 spiro atoms. The van der Waals surface area contributed by atoms with E-state index in [9.17, 15) is 22.8 Å². The molecule has 2 rings (SSSR count). The van der Waals surface area contributed by atoms with Crippen LogP contribution in [0.4, 0.5) is 13.2 Å². The molecule has 0 saturated carbocycles. The standard InChI is InChI=1S/C16H14F3NO4S/c1-23-12(21)7-20-15-13(14(22)11(24-15)8-25-2)9-4-3-5-10(6-9)16(17,18)19/h3-6,8,20H,7H2,1-2H3/b11-8+. The van der Waals surface area contributed by atoms with Gasteiger partial charge in [0.15, 0.2) is 5.76 Å². The second kappa shape index (κ2) is 7.64. The lowest BCUT2D eigenvalue weighted by atomic mass is 10.00. The Hall–Kier alpha value is -2.42. The van der Waals surface area contributed by atoms with E-state index in [-0.39, 0.29) is 29.3 Å². The van der Waals surface area contributed by atoms with E-state index in [1.165, 1.54) is 36.4 Å². The molecule has 0 atom stereocenters. The van der Waals surface area contributed by atoms with Crippen LogP contribution < -0.4 is 5.32 Å². The molecule has 25 heavy (non-hydrogen) atoms. The summed E-state index contributed by atoms with van der Waals surface area (Å²) in [5.74, 6) is -1.31. The van der Waals surface area contributed by atoms with Crippen molar-refractivity contribution in [1.29, 1.82) is 0 Å². The Morgan fingerprint density at radius 1 is 1.40 bits per heavy atom. The summed E-state index contributed by atoms with van der Waals surface area (Å²) in [4.78, 5) is 23.8. The molecule has 134 valence electrons. The zero-order chi connectivity index (χ0) is 18.6. The molecular weight excluding hydrogens is 359 g/mol. The first kappa shape index (κ1) is 18.9. The van der Waals surface area contributed by atoms with Gasteiger partial charge in [0.2, 0.25) is 11.7 Å². The number of hydrogen-bond donors (Lipinski definition) is 1. The number of methoxy groups -OCH3 is 1. The highest BCUT2D eigenvalue weighted by Crippen LogP contribution is 2.35. The van der Waals surface area contributed by atoms with Crippen molar-refractivity contribution in [2.24, 2.45) is 0 Å². The minimum absolute atomic E-state index is 0.0349. The lowest BCUT2D eigenvalue weighted by Gasteiger charge is -2.10. The third-order valence-electron chi connectivity index (χ3n) is 3.21. The molecule has 1 aromatic carbocycles. The molecule has 0 saturated heterocycles. The minimum atomic E-state index is -4.55. The molecule has 0 aliphatic carbocycles. The van der Waals surface area contributed by atoms with Gasteiger partial charge in [-0.3, -0.25) is 9.59 Å². The first-order chi connectivity index (χ1) is 11.8. The lowest BCUT2D eigenvalue weighted by molar-refractivity contribution is -0.139. The largest absolute Gasteiger partial charge is 0.468 e. The van der Waals surface area contributed by atoms with Crippen molar-refractivity contribution in [3.8, 4) is 0 Å². The van der Waals surface area contributed by atoms with Gasteiger partial charge in [0.05, 0.1) is 18.2 Å². The molecule has 1 N–H and O–H groups in total. The SMILES string of the molecule is COC(=O)CNC1=C(c2cccc(C(F)(F)F)c2)C(=O)/C(=C\SC)O1. The molecule has 0 fully saturated rings. The summed E-state index contributed by atoms with van der Waals surface area (Å²) in [6.07, 6.45) is -2.84. The van der Waals surface area contributed by atoms with E-state index in [1.807, 2.05) is 0 Å². The summed E-state index contributed by atoms with van der Waals surface area (Å²) >= 11 is 1.20. The number of Topliss-reactive ketones (excluding diaryl/α,β-unsaturated/α-hetero) is 1. The van der Waals surface area contributed by atoms with Crippen LogP contribution in [0.15, 0.2) is 41.3 Å². The Kier molecular flexibility index (Phi) is 5.78. The van der Waals surface area contributed by atoms with E-state index in [4.69, 9.17) is 4.74 Å². The maximum atomic E-state index is 12.9. The molecule has 9 heteroatoms. The van der Waals surface area contributed by atoms with E-state index in [0.29, 0.717) is 0 Å². The van der Waals surface area contributed by atoms with Gasteiger partial charge in [0.25, 0.3) is 0 Å². The Morgan fingerprint density at radius 2 is 2.12 bits per heavy atom. The van der Waals surface area contributed by atoms with Crippen molar-refractivity contribution >= 4 is 29.1 Å². The van der Waals surface area contributed by atoms with Gasteiger partial charge in [0, 0.05) is 5.41 Å². The Balaban J connectivity index is 2.45. The predicted molar refractivity (Wildman–Crippen MR) is 86.1 cm³/mol.